The first-order valence-electron chi connectivity index (χ1n) is 21.7. The molecule has 0 spiro atoms. The first-order chi connectivity index (χ1) is 23.4. The van der Waals surface area contributed by atoms with Crippen molar-refractivity contribution in [3.8, 4) is 0 Å². The molecular weight excluding hydrogens is 589 g/mol. The van der Waals surface area contributed by atoms with Crippen molar-refractivity contribution in [1.82, 2.24) is 21.5 Å². The summed E-state index contributed by atoms with van der Waals surface area (Å²) >= 11 is 0. The molecule has 16 aliphatic rings. The van der Waals surface area contributed by atoms with Gasteiger partial charge in [-0.2, -0.15) is 0 Å². The van der Waals surface area contributed by atoms with Crippen molar-refractivity contribution in [2.24, 2.45) is 92.8 Å². The third kappa shape index (κ3) is 4.88. The normalized spacial score (nSPS) is 57.8. The number of hydrazine groups is 1. The number of rotatable bonds is 4. The highest BCUT2D eigenvalue weighted by atomic mass is 15.5. The van der Waals surface area contributed by atoms with Gasteiger partial charge >= 0.3 is 0 Å². The summed E-state index contributed by atoms with van der Waals surface area (Å²) in [7, 11) is 0. The zero-order valence-electron chi connectivity index (χ0n) is 29.7. The molecule has 0 radical (unpaired) electrons. The Morgan fingerprint density at radius 1 is 0.417 bits per heavy atom. The molecule has 16 bridgehead atoms. The molecule has 0 amide bonds. The molecule has 0 atom stereocenters. The first-order valence-corrected chi connectivity index (χ1v) is 21.7. The number of nitrogens with one attached hydrogen (secondary N) is 4. The number of hydrogen-bond acceptors (Lipinski definition) is 2. The smallest absolute Gasteiger partial charge is 0.211 e. The van der Waals surface area contributed by atoms with Crippen LogP contribution in [0.3, 0.4) is 0 Å². The minimum atomic E-state index is 0.154. The molecule has 0 heterocycles. The lowest BCUT2D eigenvalue weighted by Crippen LogP contribution is -2.65. The summed E-state index contributed by atoms with van der Waals surface area (Å²) < 4.78 is 0. The van der Waals surface area contributed by atoms with Gasteiger partial charge in [-0.05, 0) is 224 Å². The van der Waals surface area contributed by atoms with Crippen LogP contribution in [-0.2, 0) is 0 Å². The van der Waals surface area contributed by atoms with Gasteiger partial charge in [0.25, 0.3) is 0 Å². The lowest BCUT2D eigenvalue weighted by molar-refractivity contribution is -0.0124. The van der Waals surface area contributed by atoms with Gasteiger partial charge in [0.2, 0.25) is 11.9 Å². The zero-order chi connectivity index (χ0) is 31.2. The van der Waals surface area contributed by atoms with Gasteiger partial charge in [0.15, 0.2) is 0 Å². The van der Waals surface area contributed by atoms with E-state index >= 15 is 0 Å². The first kappa shape index (κ1) is 29.2. The molecule has 0 aliphatic heterocycles. The summed E-state index contributed by atoms with van der Waals surface area (Å²) in [5.41, 5.74) is 8.21. The maximum atomic E-state index is 5.90. The average Bonchev–Trinajstić information content (AvgIpc) is 3.00. The maximum absolute atomic E-state index is 5.90. The number of aliphatic imine (C=N–C) groups is 2. The molecule has 0 unspecified atom stereocenters. The van der Waals surface area contributed by atoms with Crippen LogP contribution in [0.5, 0.6) is 0 Å². The molecule has 16 saturated carbocycles. The Morgan fingerprint density at radius 3 is 1.29 bits per heavy atom. The highest BCUT2D eigenvalue weighted by molar-refractivity contribution is 5.86. The summed E-state index contributed by atoms with van der Waals surface area (Å²) in [6.45, 7) is 0. The Morgan fingerprint density at radius 2 is 0.812 bits per heavy atom. The molecule has 4 N–H and O–H groups in total. The van der Waals surface area contributed by atoms with Crippen LogP contribution >= 0.6 is 0 Å². The second kappa shape index (κ2) is 10.5. The maximum Gasteiger partial charge on any atom is 0.211 e. The third-order valence-corrected chi connectivity index (χ3v) is 18.1. The predicted octanol–water partition coefficient (Wildman–Crippen LogP) is 7.56. The minimum absolute atomic E-state index is 0.154. The molecule has 48 heavy (non-hydrogen) atoms. The van der Waals surface area contributed by atoms with Crippen molar-refractivity contribution in [1.29, 1.82) is 0 Å². The second-order valence-corrected chi connectivity index (χ2v) is 21.7. The second-order valence-electron chi connectivity index (χ2n) is 21.7. The summed E-state index contributed by atoms with van der Waals surface area (Å²) in [6, 6.07) is 1.11. The molecule has 262 valence electrons. The van der Waals surface area contributed by atoms with Gasteiger partial charge in [-0.15, -0.1) is 0 Å². The van der Waals surface area contributed by atoms with E-state index in [2.05, 4.69) is 21.5 Å². The number of guanidine groups is 2. The van der Waals surface area contributed by atoms with Crippen molar-refractivity contribution in [2.75, 3.05) is 0 Å². The molecule has 16 aliphatic carbocycles. The molecule has 6 heteroatoms. The number of nitrogens with zero attached hydrogens (tertiary/aromatic N) is 2. The monoisotopic (exact) mass is 653 g/mol. The van der Waals surface area contributed by atoms with Gasteiger partial charge in [-0.3, -0.25) is 10.9 Å². The molecule has 0 aromatic rings. The molecule has 0 saturated heterocycles. The van der Waals surface area contributed by atoms with E-state index in [4.69, 9.17) is 9.98 Å². The predicted molar refractivity (Wildman–Crippen MR) is 191 cm³/mol. The topological polar surface area (TPSA) is 72.8 Å². The molecule has 16 rings (SSSR count). The fourth-order valence-corrected chi connectivity index (χ4v) is 17.8. The lowest BCUT2D eigenvalue weighted by Gasteiger charge is -2.58. The Labute approximate surface area is 290 Å². The standard InChI is InChI=1S/C42H64N6/c1-23-9-33-11-24(1)12-34(10-23)37(33)43-39(44-38-35-13-25-2-26(15-35)16-36(38)14-25)47-48-40(45-41-17-27-3-28(18-41)5-29(4-27)19-41)46-42-20-30-6-31(21-42)8-32(7-30)22-42/h23-38H,1-22H2,(H2,43,44,47)(H2,45,46,48). The summed E-state index contributed by atoms with van der Waals surface area (Å²) in [4.78, 5) is 11.7. The van der Waals surface area contributed by atoms with Crippen LogP contribution in [0.15, 0.2) is 9.98 Å². The zero-order valence-corrected chi connectivity index (χ0v) is 29.7. The van der Waals surface area contributed by atoms with Gasteiger partial charge < -0.3 is 10.6 Å². The van der Waals surface area contributed by atoms with Crippen molar-refractivity contribution in [2.45, 2.75) is 164 Å². The third-order valence-electron chi connectivity index (χ3n) is 18.1. The fraction of sp³-hybridized carbons (Fsp3) is 0.952. The van der Waals surface area contributed by atoms with Crippen molar-refractivity contribution < 1.29 is 0 Å². The van der Waals surface area contributed by atoms with Crippen LogP contribution in [-0.4, -0.2) is 35.1 Å². The van der Waals surface area contributed by atoms with Gasteiger partial charge in [0, 0.05) is 11.6 Å². The number of hydrogen-bond donors (Lipinski definition) is 4. The van der Waals surface area contributed by atoms with E-state index in [0.717, 1.165) is 94.8 Å². The van der Waals surface area contributed by atoms with Crippen molar-refractivity contribution in [3.05, 3.63) is 0 Å². The van der Waals surface area contributed by atoms with Crippen LogP contribution < -0.4 is 21.5 Å². The van der Waals surface area contributed by atoms with Gasteiger partial charge in [0.05, 0.1) is 11.6 Å². The van der Waals surface area contributed by atoms with Crippen LogP contribution in [0, 0.1) is 82.9 Å². The molecule has 0 aromatic carbocycles. The molecule has 0 aromatic heterocycles. The minimum Gasteiger partial charge on any atom is -0.352 e. The van der Waals surface area contributed by atoms with Crippen molar-refractivity contribution >= 4 is 11.9 Å². The Balaban J connectivity index is 0.862. The fourth-order valence-electron chi connectivity index (χ4n) is 17.8. The van der Waals surface area contributed by atoms with E-state index in [1.807, 2.05) is 0 Å². The molecular formula is C42H64N6. The average molecular weight is 653 g/mol. The molecule has 16 fully saturated rings. The Bertz CT molecular complexity index is 1240. The molecule has 6 nitrogen and oxygen atoms in total. The van der Waals surface area contributed by atoms with Crippen LogP contribution in [0.1, 0.15) is 141 Å². The van der Waals surface area contributed by atoms with E-state index < -0.39 is 0 Å². The van der Waals surface area contributed by atoms with E-state index in [1.165, 1.54) is 141 Å². The quantitative estimate of drug-likeness (QED) is 0.144. The Hall–Kier alpha value is -1.46. The summed E-state index contributed by atoms with van der Waals surface area (Å²) in [6.07, 6.45) is 31.6. The summed E-state index contributed by atoms with van der Waals surface area (Å²) in [5, 5.41) is 8.52. The Kier molecular flexibility index (Phi) is 6.41. The largest absolute Gasteiger partial charge is 0.352 e. The van der Waals surface area contributed by atoms with Crippen molar-refractivity contribution in [3.63, 3.8) is 0 Å². The van der Waals surface area contributed by atoms with Gasteiger partial charge in [0.1, 0.15) is 0 Å². The van der Waals surface area contributed by atoms with E-state index in [1.54, 1.807) is 0 Å². The summed E-state index contributed by atoms with van der Waals surface area (Å²) in [5.74, 6) is 15.0. The van der Waals surface area contributed by atoms with E-state index in [9.17, 15) is 0 Å². The SMILES string of the molecule is C1C2CC3CC1CC(C2)C3N=C(NNC(=NC12CC3CC(CC(C3)C1)C2)NC12CC3CC(CC(C3)C1)C2)NC1C2CC3CC(C2)CC1C3. The van der Waals surface area contributed by atoms with Crippen LogP contribution in [0.2, 0.25) is 0 Å². The van der Waals surface area contributed by atoms with E-state index in [-0.39, 0.29) is 11.1 Å². The lowest BCUT2D eigenvalue weighted by atomic mass is 9.53. The highest BCUT2D eigenvalue weighted by Gasteiger charge is 2.55. The van der Waals surface area contributed by atoms with Gasteiger partial charge in [-0.1, -0.05) is 0 Å². The van der Waals surface area contributed by atoms with Crippen LogP contribution in [0.25, 0.3) is 0 Å². The van der Waals surface area contributed by atoms with E-state index in [0.29, 0.717) is 12.1 Å². The van der Waals surface area contributed by atoms with Gasteiger partial charge in [-0.25, -0.2) is 9.98 Å². The highest BCUT2D eigenvalue weighted by Crippen LogP contribution is 2.59. The van der Waals surface area contributed by atoms with Crippen LogP contribution in [0.4, 0.5) is 0 Å².